The topological polar surface area (TPSA) is 78.4 Å². The van der Waals surface area contributed by atoms with Crippen LogP contribution in [0.25, 0.3) is 0 Å². The highest BCUT2D eigenvalue weighted by Crippen LogP contribution is 2.34. The van der Waals surface area contributed by atoms with E-state index in [0.29, 0.717) is 23.0 Å². The predicted molar refractivity (Wildman–Crippen MR) is 108 cm³/mol. The van der Waals surface area contributed by atoms with Crippen LogP contribution < -0.4 is 10.6 Å². The number of nitrogens with one attached hydrogen (secondary N) is 2. The number of halogens is 2. The van der Waals surface area contributed by atoms with Crippen molar-refractivity contribution in [3.8, 4) is 0 Å². The van der Waals surface area contributed by atoms with Crippen molar-refractivity contribution >= 4 is 22.9 Å². The molecule has 7 heteroatoms. The maximum atomic E-state index is 13.7. The molecule has 0 bridgehead atoms. The lowest BCUT2D eigenvalue weighted by Crippen LogP contribution is -2.21. The SMILES string of the molecule is O=C(/C(C(=O)c1cc(F)cc(F)c1)=C1\Nc2ccc(CO)cc2N1)c1ccccc1. The average molecular weight is 406 g/mol. The molecule has 0 saturated carbocycles. The van der Waals surface area contributed by atoms with Crippen molar-refractivity contribution in [1.82, 2.24) is 0 Å². The zero-order valence-electron chi connectivity index (χ0n) is 15.6. The number of ketones is 2. The number of hydrogen-bond donors (Lipinski definition) is 3. The van der Waals surface area contributed by atoms with Gasteiger partial charge in [0.15, 0.2) is 0 Å². The van der Waals surface area contributed by atoms with Crippen molar-refractivity contribution in [2.24, 2.45) is 0 Å². The molecule has 0 aliphatic carbocycles. The number of allylic oxidation sites excluding steroid dienone is 1. The van der Waals surface area contributed by atoms with Crippen LogP contribution in [-0.2, 0) is 6.61 Å². The average Bonchev–Trinajstić information content (AvgIpc) is 3.16. The Kier molecular flexibility index (Phi) is 5.12. The van der Waals surface area contributed by atoms with Crippen molar-refractivity contribution in [1.29, 1.82) is 0 Å². The summed E-state index contributed by atoms with van der Waals surface area (Å²) in [6, 6.07) is 15.6. The number of Topliss-reactive ketones (excluding diaryl/α,β-unsaturated/α-hetero) is 2. The highest BCUT2D eigenvalue weighted by Gasteiger charge is 2.29. The van der Waals surface area contributed by atoms with Gasteiger partial charge in [-0.25, -0.2) is 8.78 Å². The number of rotatable bonds is 5. The molecular formula is C23H16F2N2O3. The van der Waals surface area contributed by atoms with Crippen LogP contribution in [0.5, 0.6) is 0 Å². The molecule has 3 aromatic carbocycles. The molecule has 0 atom stereocenters. The molecule has 0 aromatic heterocycles. The van der Waals surface area contributed by atoms with Crippen LogP contribution in [0.1, 0.15) is 26.3 Å². The fourth-order valence-corrected chi connectivity index (χ4v) is 3.22. The van der Waals surface area contributed by atoms with E-state index in [-0.39, 0.29) is 29.1 Å². The third-order valence-electron chi connectivity index (χ3n) is 4.65. The van der Waals surface area contributed by atoms with Gasteiger partial charge in [0, 0.05) is 17.2 Å². The molecule has 0 amide bonds. The van der Waals surface area contributed by atoms with E-state index in [0.717, 1.165) is 12.1 Å². The quantitative estimate of drug-likeness (QED) is 0.255. The molecule has 0 spiro atoms. The summed E-state index contributed by atoms with van der Waals surface area (Å²) in [5.41, 5.74) is 1.48. The van der Waals surface area contributed by atoms with Crippen molar-refractivity contribution in [2.45, 2.75) is 6.61 Å². The fourth-order valence-electron chi connectivity index (χ4n) is 3.22. The molecule has 1 aliphatic rings. The summed E-state index contributed by atoms with van der Waals surface area (Å²) in [6.07, 6.45) is 0. The van der Waals surface area contributed by atoms with E-state index in [1.165, 1.54) is 0 Å². The second-order valence-electron chi connectivity index (χ2n) is 6.72. The second kappa shape index (κ2) is 7.88. The molecule has 0 unspecified atom stereocenters. The van der Waals surface area contributed by atoms with Crippen molar-refractivity contribution < 1.29 is 23.5 Å². The lowest BCUT2D eigenvalue weighted by Gasteiger charge is -2.11. The van der Waals surface area contributed by atoms with E-state index in [4.69, 9.17) is 0 Å². The Balaban J connectivity index is 1.83. The number of carbonyl (C=O) groups is 2. The van der Waals surface area contributed by atoms with Crippen molar-refractivity contribution in [2.75, 3.05) is 10.6 Å². The molecule has 1 aliphatic heterocycles. The Morgan fingerprint density at radius 1 is 0.767 bits per heavy atom. The number of anilines is 2. The van der Waals surface area contributed by atoms with Gasteiger partial charge < -0.3 is 15.7 Å². The molecule has 4 rings (SSSR count). The second-order valence-corrected chi connectivity index (χ2v) is 6.72. The summed E-state index contributed by atoms with van der Waals surface area (Å²) < 4.78 is 27.4. The summed E-state index contributed by atoms with van der Waals surface area (Å²) in [5.74, 6) is -3.16. The van der Waals surface area contributed by atoms with Crippen LogP contribution in [0.2, 0.25) is 0 Å². The Hall–Kier alpha value is -3.84. The van der Waals surface area contributed by atoms with Crippen LogP contribution in [0.15, 0.2) is 78.1 Å². The minimum absolute atomic E-state index is 0.101. The van der Waals surface area contributed by atoms with Crippen LogP contribution in [-0.4, -0.2) is 16.7 Å². The lowest BCUT2D eigenvalue weighted by atomic mass is 9.95. The summed E-state index contributed by atoms with van der Waals surface area (Å²) in [5, 5.41) is 15.3. The van der Waals surface area contributed by atoms with Crippen molar-refractivity contribution in [3.63, 3.8) is 0 Å². The maximum Gasteiger partial charge on any atom is 0.200 e. The minimum Gasteiger partial charge on any atom is -0.392 e. The molecule has 0 saturated heterocycles. The third-order valence-corrected chi connectivity index (χ3v) is 4.65. The summed E-state index contributed by atoms with van der Waals surface area (Å²) in [7, 11) is 0. The molecule has 0 radical (unpaired) electrons. The molecule has 3 N–H and O–H groups in total. The number of fused-ring (bicyclic) bond motifs is 1. The van der Waals surface area contributed by atoms with Gasteiger partial charge in [0.2, 0.25) is 11.6 Å². The maximum absolute atomic E-state index is 13.7. The largest absolute Gasteiger partial charge is 0.392 e. The molecular weight excluding hydrogens is 390 g/mol. The van der Waals surface area contributed by atoms with Crippen molar-refractivity contribution in [3.05, 3.63) is 106 Å². The first-order valence-electron chi connectivity index (χ1n) is 9.09. The van der Waals surface area contributed by atoms with Gasteiger partial charge in [-0.15, -0.1) is 0 Å². The van der Waals surface area contributed by atoms with E-state index >= 15 is 0 Å². The first-order chi connectivity index (χ1) is 14.5. The summed E-state index contributed by atoms with van der Waals surface area (Å²) in [6.45, 7) is -0.175. The monoisotopic (exact) mass is 406 g/mol. The van der Waals surface area contributed by atoms with Gasteiger partial charge in [-0.05, 0) is 29.8 Å². The highest BCUT2D eigenvalue weighted by molar-refractivity contribution is 6.32. The van der Waals surface area contributed by atoms with Gasteiger partial charge in [0.1, 0.15) is 23.0 Å². The Labute approximate surface area is 170 Å². The predicted octanol–water partition coefficient (Wildman–Crippen LogP) is 4.27. The van der Waals surface area contributed by atoms with E-state index in [2.05, 4.69) is 10.6 Å². The number of aliphatic hydroxyl groups excluding tert-OH is 1. The molecule has 3 aromatic rings. The number of hydrogen-bond acceptors (Lipinski definition) is 5. The normalized spacial score (nSPS) is 13.8. The molecule has 1 heterocycles. The number of carbonyl (C=O) groups excluding carboxylic acids is 2. The number of aliphatic hydroxyl groups is 1. The first-order valence-corrected chi connectivity index (χ1v) is 9.09. The van der Waals surface area contributed by atoms with E-state index in [1.54, 1.807) is 48.5 Å². The van der Waals surface area contributed by atoms with Gasteiger partial charge >= 0.3 is 0 Å². The smallest absolute Gasteiger partial charge is 0.200 e. The highest BCUT2D eigenvalue weighted by atomic mass is 19.1. The summed E-state index contributed by atoms with van der Waals surface area (Å²) >= 11 is 0. The van der Waals surface area contributed by atoms with Crippen LogP contribution in [0.3, 0.4) is 0 Å². The lowest BCUT2D eigenvalue weighted by molar-refractivity contribution is 0.0960. The molecule has 30 heavy (non-hydrogen) atoms. The standard InChI is InChI=1S/C23H16F2N2O3/c24-16-9-15(10-17(25)11-16)22(30)20(21(29)14-4-2-1-3-5-14)23-26-18-7-6-13(12-28)8-19(18)27-23/h1-11,26-28H,12H2/b23-20-. The summed E-state index contributed by atoms with van der Waals surface area (Å²) in [4.78, 5) is 26.4. The first kappa shape index (κ1) is 19.5. The van der Waals surface area contributed by atoms with Crippen LogP contribution >= 0.6 is 0 Å². The van der Waals surface area contributed by atoms with E-state index in [1.807, 2.05) is 0 Å². The molecule has 150 valence electrons. The van der Waals surface area contributed by atoms with Gasteiger partial charge in [0.05, 0.1) is 18.0 Å². The molecule has 5 nitrogen and oxygen atoms in total. The Morgan fingerprint density at radius 2 is 1.40 bits per heavy atom. The van der Waals surface area contributed by atoms with E-state index in [9.17, 15) is 23.5 Å². The Morgan fingerprint density at radius 3 is 2.07 bits per heavy atom. The zero-order chi connectivity index (χ0) is 21.3. The van der Waals surface area contributed by atoms with Crippen LogP contribution in [0.4, 0.5) is 20.2 Å². The molecule has 0 fully saturated rings. The van der Waals surface area contributed by atoms with Gasteiger partial charge in [-0.1, -0.05) is 36.4 Å². The van der Waals surface area contributed by atoms with Crippen LogP contribution in [0, 0.1) is 11.6 Å². The number of benzene rings is 3. The van der Waals surface area contributed by atoms with Gasteiger partial charge in [-0.3, -0.25) is 9.59 Å². The zero-order valence-corrected chi connectivity index (χ0v) is 15.6. The Bertz CT molecular complexity index is 1170. The fraction of sp³-hybridized carbons (Fsp3) is 0.0435. The van der Waals surface area contributed by atoms with E-state index < -0.39 is 23.2 Å². The minimum atomic E-state index is -0.918. The van der Waals surface area contributed by atoms with Gasteiger partial charge in [0.25, 0.3) is 0 Å². The van der Waals surface area contributed by atoms with Gasteiger partial charge in [-0.2, -0.15) is 0 Å². The third kappa shape index (κ3) is 3.70.